The molecule has 0 radical (unpaired) electrons. The lowest BCUT2D eigenvalue weighted by Crippen LogP contribution is -2.36. The fraction of sp³-hybridized carbons (Fsp3) is 0.529. The topological polar surface area (TPSA) is 76.7 Å². The van der Waals surface area contributed by atoms with Gasteiger partial charge >= 0.3 is 11.8 Å². The highest BCUT2D eigenvalue weighted by molar-refractivity contribution is 6.40. The van der Waals surface area contributed by atoms with Gasteiger partial charge in [-0.3, -0.25) is 9.59 Å². The van der Waals surface area contributed by atoms with Crippen molar-refractivity contribution < 1.29 is 19.1 Å². The maximum Gasteiger partial charge on any atom is 0.313 e. The van der Waals surface area contributed by atoms with Crippen LogP contribution in [0.3, 0.4) is 0 Å². The van der Waals surface area contributed by atoms with Gasteiger partial charge in [-0.05, 0) is 31.4 Å². The number of halogens is 1. The Morgan fingerprint density at radius 3 is 2.54 bits per heavy atom. The van der Waals surface area contributed by atoms with Gasteiger partial charge in [-0.15, -0.1) is 0 Å². The van der Waals surface area contributed by atoms with Gasteiger partial charge in [0.15, 0.2) is 0 Å². The second-order valence-corrected chi connectivity index (χ2v) is 5.74. The van der Waals surface area contributed by atoms with Gasteiger partial charge in [-0.2, -0.15) is 0 Å². The first-order valence-corrected chi connectivity index (χ1v) is 8.38. The molecule has 7 heteroatoms. The number of anilines is 1. The summed E-state index contributed by atoms with van der Waals surface area (Å²) in [4.78, 5) is 23.7. The van der Waals surface area contributed by atoms with Crippen LogP contribution in [0, 0.1) is 6.92 Å². The van der Waals surface area contributed by atoms with Crippen molar-refractivity contribution in [3.8, 4) is 5.75 Å². The zero-order valence-electron chi connectivity index (χ0n) is 14.4. The molecular formula is C17H25ClN2O4. The second kappa shape index (κ2) is 10.9. The zero-order chi connectivity index (χ0) is 17.9. The molecule has 2 N–H and O–H groups in total. The number of hydrogen-bond donors (Lipinski definition) is 2. The minimum atomic E-state index is -0.748. The van der Waals surface area contributed by atoms with Gasteiger partial charge in [-0.25, -0.2) is 0 Å². The van der Waals surface area contributed by atoms with Crippen LogP contribution in [0.4, 0.5) is 5.69 Å². The lowest BCUT2D eigenvalue weighted by Gasteiger charge is -2.12. The van der Waals surface area contributed by atoms with Gasteiger partial charge < -0.3 is 20.1 Å². The fourth-order valence-corrected chi connectivity index (χ4v) is 2.07. The van der Waals surface area contributed by atoms with Gasteiger partial charge in [0.05, 0.1) is 12.8 Å². The van der Waals surface area contributed by atoms with Crippen LogP contribution in [-0.2, 0) is 14.3 Å². The van der Waals surface area contributed by atoms with Gasteiger partial charge in [0.2, 0.25) is 0 Å². The number of methoxy groups -OCH3 is 1. The van der Waals surface area contributed by atoms with E-state index in [-0.39, 0.29) is 0 Å². The van der Waals surface area contributed by atoms with E-state index in [9.17, 15) is 9.59 Å². The first kappa shape index (κ1) is 20.3. The van der Waals surface area contributed by atoms with Crippen LogP contribution in [0.25, 0.3) is 0 Å². The number of rotatable bonds is 9. The highest BCUT2D eigenvalue weighted by Gasteiger charge is 2.16. The van der Waals surface area contributed by atoms with E-state index >= 15 is 0 Å². The second-order valence-electron chi connectivity index (χ2n) is 5.33. The number of amides is 2. The summed E-state index contributed by atoms with van der Waals surface area (Å²) < 4.78 is 10.5. The largest absolute Gasteiger partial charge is 0.495 e. The Kier molecular flexibility index (Phi) is 9.19. The molecule has 0 atom stereocenters. The number of carbonyl (C=O) groups excluding carboxylic acids is 2. The third-order valence-electron chi connectivity index (χ3n) is 3.33. The molecule has 0 saturated heterocycles. The van der Waals surface area contributed by atoms with Crippen molar-refractivity contribution in [3.05, 3.63) is 22.7 Å². The summed E-state index contributed by atoms with van der Waals surface area (Å²) in [5.74, 6) is -1.05. The lowest BCUT2D eigenvalue weighted by atomic mass is 10.2. The van der Waals surface area contributed by atoms with Crippen molar-refractivity contribution in [3.63, 3.8) is 0 Å². The maximum absolute atomic E-state index is 11.9. The number of benzene rings is 1. The van der Waals surface area contributed by atoms with Crippen molar-refractivity contribution in [2.75, 3.05) is 32.2 Å². The number of unbranched alkanes of at least 4 members (excludes halogenated alkanes) is 1. The molecule has 0 aliphatic carbocycles. The Labute approximate surface area is 147 Å². The number of carbonyl (C=O) groups is 2. The molecule has 0 fully saturated rings. The monoisotopic (exact) mass is 356 g/mol. The minimum Gasteiger partial charge on any atom is -0.495 e. The molecule has 0 aliphatic heterocycles. The Morgan fingerprint density at radius 2 is 1.88 bits per heavy atom. The summed E-state index contributed by atoms with van der Waals surface area (Å²) in [6.07, 6.45) is 2.77. The van der Waals surface area contributed by atoms with Crippen molar-refractivity contribution in [1.29, 1.82) is 0 Å². The summed E-state index contributed by atoms with van der Waals surface area (Å²) in [5, 5.41) is 5.62. The van der Waals surface area contributed by atoms with Crippen molar-refractivity contribution in [1.82, 2.24) is 5.32 Å². The van der Waals surface area contributed by atoms with Crippen molar-refractivity contribution >= 4 is 29.1 Å². The van der Waals surface area contributed by atoms with E-state index in [4.69, 9.17) is 21.1 Å². The smallest absolute Gasteiger partial charge is 0.313 e. The Hall–Kier alpha value is -1.79. The summed E-state index contributed by atoms with van der Waals surface area (Å²) in [6.45, 7) is 5.57. The van der Waals surface area contributed by atoms with Gasteiger partial charge in [-0.1, -0.05) is 24.9 Å². The minimum absolute atomic E-state index is 0.384. The molecule has 134 valence electrons. The molecule has 0 aromatic heterocycles. The van der Waals surface area contributed by atoms with Gasteiger partial charge in [0, 0.05) is 30.8 Å². The van der Waals surface area contributed by atoms with E-state index in [1.807, 2.05) is 0 Å². The molecular weight excluding hydrogens is 332 g/mol. The number of nitrogens with one attached hydrogen (secondary N) is 2. The molecule has 1 rings (SSSR count). The van der Waals surface area contributed by atoms with Crippen LogP contribution in [-0.4, -0.2) is 38.7 Å². The first-order valence-electron chi connectivity index (χ1n) is 8.00. The molecule has 1 aromatic carbocycles. The average Bonchev–Trinajstić information content (AvgIpc) is 2.56. The number of ether oxygens (including phenoxy) is 2. The van der Waals surface area contributed by atoms with E-state index in [0.29, 0.717) is 36.0 Å². The summed E-state index contributed by atoms with van der Waals surface area (Å²) in [7, 11) is 1.47. The maximum atomic E-state index is 11.9. The van der Waals surface area contributed by atoms with E-state index < -0.39 is 11.8 Å². The fourth-order valence-electron chi connectivity index (χ4n) is 1.91. The van der Waals surface area contributed by atoms with Gasteiger partial charge in [0.25, 0.3) is 0 Å². The van der Waals surface area contributed by atoms with Crippen LogP contribution in [0.15, 0.2) is 12.1 Å². The molecule has 0 spiro atoms. The molecule has 6 nitrogen and oxygen atoms in total. The number of hydrogen-bond acceptors (Lipinski definition) is 4. The summed E-state index contributed by atoms with van der Waals surface area (Å²) in [5.41, 5.74) is 1.18. The molecule has 0 aliphatic rings. The predicted octanol–water partition coefficient (Wildman–Crippen LogP) is 2.92. The molecule has 2 amide bonds. The molecule has 0 saturated carbocycles. The molecule has 1 aromatic rings. The van der Waals surface area contributed by atoms with Crippen molar-refractivity contribution in [2.24, 2.45) is 0 Å². The van der Waals surface area contributed by atoms with E-state index in [1.54, 1.807) is 19.1 Å². The van der Waals surface area contributed by atoms with Crippen LogP contribution < -0.4 is 15.4 Å². The van der Waals surface area contributed by atoms with E-state index in [1.165, 1.54) is 7.11 Å². The predicted molar refractivity (Wildman–Crippen MR) is 94.7 cm³/mol. The molecule has 0 heterocycles. The van der Waals surface area contributed by atoms with Crippen molar-refractivity contribution in [2.45, 2.75) is 33.1 Å². The highest BCUT2D eigenvalue weighted by Crippen LogP contribution is 2.30. The summed E-state index contributed by atoms with van der Waals surface area (Å²) >= 11 is 6.01. The molecule has 24 heavy (non-hydrogen) atoms. The van der Waals surface area contributed by atoms with E-state index in [0.717, 1.165) is 25.0 Å². The number of aryl methyl sites for hydroxylation is 1. The Balaban J connectivity index is 2.42. The molecule has 0 bridgehead atoms. The van der Waals surface area contributed by atoms with Crippen LogP contribution >= 0.6 is 11.6 Å². The third-order valence-corrected chi connectivity index (χ3v) is 3.74. The van der Waals surface area contributed by atoms with Crippen LogP contribution in [0.1, 0.15) is 31.7 Å². The quantitative estimate of drug-likeness (QED) is 0.527. The normalized spacial score (nSPS) is 10.3. The SMILES string of the molecule is CCCCOCCCNC(=O)C(=O)Nc1cc(C)c(Cl)cc1OC. The zero-order valence-corrected chi connectivity index (χ0v) is 15.2. The average molecular weight is 357 g/mol. The first-order chi connectivity index (χ1) is 11.5. The van der Waals surface area contributed by atoms with E-state index in [2.05, 4.69) is 17.6 Å². The Bertz CT molecular complexity index is 564. The van der Waals surface area contributed by atoms with Crippen LogP contribution in [0.2, 0.25) is 5.02 Å². The summed E-state index contributed by atoms with van der Waals surface area (Å²) in [6, 6.07) is 3.26. The third kappa shape index (κ3) is 6.76. The molecule has 0 unspecified atom stereocenters. The Morgan fingerprint density at radius 1 is 1.17 bits per heavy atom. The van der Waals surface area contributed by atoms with Gasteiger partial charge in [0.1, 0.15) is 5.75 Å². The highest BCUT2D eigenvalue weighted by atomic mass is 35.5. The van der Waals surface area contributed by atoms with Crippen LogP contribution in [0.5, 0.6) is 5.75 Å². The standard InChI is InChI=1S/C17H25ClN2O4/c1-4-5-8-24-9-6-7-19-16(21)17(22)20-14-10-12(2)13(18)11-15(14)23-3/h10-11H,4-9H2,1-3H3,(H,19,21)(H,20,22). The lowest BCUT2D eigenvalue weighted by molar-refractivity contribution is -0.136.